The lowest BCUT2D eigenvalue weighted by molar-refractivity contribution is 0.158. The molecule has 0 amide bonds. The molecule has 0 saturated carbocycles. The first kappa shape index (κ1) is 10.8. The largest absolute Gasteiger partial charge is 0.387 e. The molecule has 0 aromatic carbocycles. The maximum Gasteiger partial charge on any atom is 0.0965 e. The second-order valence-electron chi connectivity index (χ2n) is 3.28. The summed E-state index contributed by atoms with van der Waals surface area (Å²) in [7, 11) is 0. The summed E-state index contributed by atoms with van der Waals surface area (Å²) in [5.74, 6) is 2.52. The van der Waals surface area contributed by atoms with Crippen LogP contribution in [-0.4, -0.2) is 14.9 Å². The SMILES string of the molecule is C#CCCC(O)c1cc(C)nn1CC. The predicted molar refractivity (Wildman–Crippen MR) is 55.7 cm³/mol. The van der Waals surface area contributed by atoms with Crippen molar-refractivity contribution in [3.05, 3.63) is 17.5 Å². The Morgan fingerprint density at radius 1 is 1.71 bits per heavy atom. The Bertz CT molecular complexity index is 336. The average Bonchev–Trinajstić information content (AvgIpc) is 2.56. The van der Waals surface area contributed by atoms with Crippen molar-refractivity contribution >= 4 is 0 Å². The summed E-state index contributed by atoms with van der Waals surface area (Å²) in [6, 6.07) is 1.91. The van der Waals surface area contributed by atoms with Crippen LogP contribution in [0.4, 0.5) is 0 Å². The highest BCUT2D eigenvalue weighted by Crippen LogP contribution is 2.18. The summed E-state index contributed by atoms with van der Waals surface area (Å²) in [5, 5.41) is 14.1. The van der Waals surface area contributed by atoms with Crippen LogP contribution in [0.5, 0.6) is 0 Å². The summed E-state index contributed by atoms with van der Waals surface area (Å²) < 4.78 is 1.82. The van der Waals surface area contributed by atoms with E-state index in [0.29, 0.717) is 12.8 Å². The monoisotopic (exact) mass is 192 g/mol. The lowest BCUT2D eigenvalue weighted by atomic mass is 10.1. The second-order valence-corrected chi connectivity index (χ2v) is 3.28. The van der Waals surface area contributed by atoms with E-state index >= 15 is 0 Å². The van der Waals surface area contributed by atoms with E-state index in [1.54, 1.807) is 0 Å². The fourth-order valence-electron chi connectivity index (χ4n) is 1.45. The molecule has 1 N–H and O–H groups in total. The van der Waals surface area contributed by atoms with Crippen LogP contribution < -0.4 is 0 Å². The highest BCUT2D eigenvalue weighted by atomic mass is 16.3. The van der Waals surface area contributed by atoms with Crippen molar-refractivity contribution < 1.29 is 5.11 Å². The van der Waals surface area contributed by atoms with Crippen LogP contribution in [0.25, 0.3) is 0 Å². The Kier molecular flexibility index (Phi) is 3.73. The second kappa shape index (κ2) is 4.83. The van der Waals surface area contributed by atoms with Crippen molar-refractivity contribution in [2.75, 3.05) is 0 Å². The first-order valence-corrected chi connectivity index (χ1v) is 4.85. The Morgan fingerprint density at radius 2 is 2.43 bits per heavy atom. The van der Waals surface area contributed by atoms with Gasteiger partial charge in [0.1, 0.15) is 0 Å². The fourth-order valence-corrected chi connectivity index (χ4v) is 1.45. The third-order valence-corrected chi connectivity index (χ3v) is 2.14. The van der Waals surface area contributed by atoms with Crippen molar-refractivity contribution in [2.24, 2.45) is 0 Å². The van der Waals surface area contributed by atoms with Gasteiger partial charge in [0.05, 0.1) is 17.5 Å². The number of hydrogen-bond acceptors (Lipinski definition) is 2. The standard InChI is InChI=1S/C11H16N2O/c1-4-6-7-11(14)10-8-9(3)12-13(10)5-2/h1,8,11,14H,5-7H2,2-3H3. The average molecular weight is 192 g/mol. The van der Waals surface area contributed by atoms with E-state index in [9.17, 15) is 5.11 Å². The Labute approximate surface area is 84.8 Å². The van der Waals surface area contributed by atoms with E-state index in [1.165, 1.54) is 0 Å². The van der Waals surface area contributed by atoms with Gasteiger partial charge in [0.15, 0.2) is 0 Å². The number of aromatic nitrogens is 2. The molecule has 0 aliphatic rings. The van der Waals surface area contributed by atoms with E-state index in [4.69, 9.17) is 6.42 Å². The van der Waals surface area contributed by atoms with Gasteiger partial charge in [-0.2, -0.15) is 5.10 Å². The Morgan fingerprint density at radius 3 is 3.00 bits per heavy atom. The molecule has 1 atom stereocenters. The van der Waals surface area contributed by atoms with Gasteiger partial charge < -0.3 is 5.11 Å². The fraction of sp³-hybridized carbons (Fsp3) is 0.545. The van der Waals surface area contributed by atoms with Gasteiger partial charge in [-0.1, -0.05) is 0 Å². The molecule has 1 unspecified atom stereocenters. The number of terminal acetylenes is 1. The molecule has 76 valence electrons. The molecule has 0 spiro atoms. The van der Waals surface area contributed by atoms with Crippen molar-refractivity contribution in [3.63, 3.8) is 0 Å². The maximum atomic E-state index is 9.82. The minimum Gasteiger partial charge on any atom is -0.387 e. The lowest BCUT2D eigenvalue weighted by Gasteiger charge is -2.10. The Balaban J connectivity index is 2.78. The number of nitrogens with zero attached hydrogens (tertiary/aromatic N) is 2. The van der Waals surface area contributed by atoms with E-state index in [2.05, 4.69) is 11.0 Å². The van der Waals surface area contributed by atoms with Crippen LogP contribution >= 0.6 is 0 Å². The van der Waals surface area contributed by atoms with E-state index < -0.39 is 6.10 Å². The molecule has 1 aromatic heterocycles. The summed E-state index contributed by atoms with van der Waals surface area (Å²) >= 11 is 0. The zero-order valence-electron chi connectivity index (χ0n) is 8.70. The van der Waals surface area contributed by atoms with Crippen LogP contribution in [0.1, 0.15) is 37.3 Å². The van der Waals surface area contributed by atoms with Gasteiger partial charge in [0.2, 0.25) is 0 Å². The van der Waals surface area contributed by atoms with Crippen LogP contribution in [0.2, 0.25) is 0 Å². The van der Waals surface area contributed by atoms with Gasteiger partial charge in [-0.15, -0.1) is 12.3 Å². The quantitative estimate of drug-likeness (QED) is 0.737. The van der Waals surface area contributed by atoms with Gasteiger partial charge in [0.25, 0.3) is 0 Å². The summed E-state index contributed by atoms with van der Waals surface area (Å²) in [5.41, 5.74) is 1.79. The van der Waals surface area contributed by atoms with Crippen LogP contribution in [0.15, 0.2) is 6.07 Å². The molecule has 0 bridgehead atoms. The minimum absolute atomic E-state index is 0.493. The highest BCUT2D eigenvalue weighted by Gasteiger charge is 2.12. The summed E-state index contributed by atoms with van der Waals surface area (Å²) in [6.07, 6.45) is 5.84. The minimum atomic E-state index is -0.493. The molecule has 1 rings (SSSR count). The van der Waals surface area contributed by atoms with Gasteiger partial charge in [0, 0.05) is 13.0 Å². The molecule has 0 saturated heterocycles. The normalized spacial score (nSPS) is 12.4. The van der Waals surface area contributed by atoms with Crippen LogP contribution in [-0.2, 0) is 6.54 Å². The molecular weight excluding hydrogens is 176 g/mol. The van der Waals surface area contributed by atoms with E-state index in [0.717, 1.165) is 17.9 Å². The third kappa shape index (κ3) is 2.36. The lowest BCUT2D eigenvalue weighted by Crippen LogP contribution is -2.07. The first-order valence-electron chi connectivity index (χ1n) is 4.85. The highest BCUT2D eigenvalue weighted by molar-refractivity contribution is 5.12. The number of aliphatic hydroxyl groups excluding tert-OH is 1. The molecule has 0 fully saturated rings. The number of hydrogen-bond donors (Lipinski definition) is 1. The first-order chi connectivity index (χ1) is 6.69. The molecular formula is C11H16N2O. The van der Waals surface area contributed by atoms with Gasteiger partial charge >= 0.3 is 0 Å². The van der Waals surface area contributed by atoms with Crippen molar-refractivity contribution in [1.82, 2.24) is 9.78 Å². The molecule has 3 heteroatoms. The summed E-state index contributed by atoms with van der Waals surface area (Å²) in [4.78, 5) is 0. The summed E-state index contributed by atoms with van der Waals surface area (Å²) in [6.45, 7) is 4.70. The number of aryl methyl sites for hydroxylation is 2. The smallest absolute Gasteiger partial charge is 0.0965 e. The number of rotatable bonds is 4. The molecule has 1 heterocycles. The van der Waals surface area contributed by atoms with Crippen LogP contribution in [0.3, 0.4) is 0 Å². The topological polar surface area (TPSA) is 38.1 Å². The molecule has 0 aliphatic heterocycles. The molecule has 0 radical (unpaired) electrons. The zero-order valence-corrected chi connectivity index (χ0v) is 8.70. The van der Waals surface area contributed by atoms with E-state index in [1.807, 2.05) is 24.6 Å². The zero-order chi connectivity index (χ0) is 10.6. The maximum absolute atomic E-state index is 9.82. The molecule has 0 aliphatic carbocycles. The van der Waals surface area contributed by atoms with Gasteiger partial charge in [-0.05, 0) is 26.3 Å². The van der Waals surface area contributed by atoms with Gasteiger partial charge in [-0.25, -0.2) is 0 Å². The van der Waals surface area contributed by atoms with Crippen molar-refractivity contribution in [3.8, 4) is 12.3 Å². The molecule has 14 heavy (non-hydrogen) atoms. The van der Waals surface area contributed by atoms with Crippen molar-refractivity contribution in [2.45, 2.75) is 39.3 Å². The third-order valence-electron chi connectivity index (χ3n) is 2.14. The van der Waals surface area contributed by atoms with E-state index in [-0.39, 0.29) is 0 Å². The van der Waals surface area contributed by atoms with Gasteiger partial charge in [-0.3, -0.25) is 4.68 Å². The van der Waals surface area contributed by atoms with Crippen LogP contribution in [0, 0.1) is 19.3 Å². The number of aliphatic hydroxyl groups is 1. The molecule has 3 nitrogen and oxygen atoms in total. The predicted octanol–water partition coefficient (Wildman–Crippen LogP) is 1.66. The van der Waals surface area contributed by atoms with Crippen molar-refractivity contribution in [1.29, 1.82) is 0 Å². The Hall–Kier alpha value is -1.27. The molecule has 1 aromatic rings.